The van der Waals surface area contributed by atoms with Crippen LogP contribution in [0.25, 0.3) is 0 Å². The van der Waals surface area contributed by atoms with Crippen molar-refractivity contribution in [2.75, 3.05) is 20.1 Å². The van der Waals surface area contributed by atoms with Crippen molar-refractivity contribution in [1.29, 1.82) is 0 Å². The molecule has 2 rings (SSSR count). The van der Waals surface area contributed by atoms with Crippen LogP contribution in [0.5, 0.6) is 0 Å². The molecule has 118 valence electrons. The van der Waals surface area contributed by atoms with E-state index >= 15 is 0 Å². The lowest BCUT2D eigenvalue weighted by atomic mass is 9.94. The topological polar surface area (TPSA) is 49.4 Å². The second-order valence-electron chi connectivity index (χ2n) is 5.81. The molecule has 1 aromatic carbocycles. The van der Waals surface area contributed by atoms with Gasteiger partial charge in [-0.25, -0.2) is 8.42 Å². The van der Waals surface area contributed by atoms with Gasteiger partial charge in [-0.2, -0.15) is 4.31 Å². The molecule has 0 spiro atoms. The maximum Gasteiger partial charge on any atom is 0.243 e. The standard InChI is InChI=1S/C16H26N2O2S/c1-3-5-14-8-10-18(11-9-14)21(19,20)16-7-4-6-15(12-16)13-17-2/h4,6-7,12,14,17H,3,5,8-11,13H2,1-2H3. The van der Waals surface area contributed by atoms with Crippen LogP contribution in [0.2, 0.25) is 0 Å². The molecular weight excluding hydrogens is 284 g/mol. The van der Waals surface area contributed by atoms with Gasteiger partial charge >= 0.3 is 0 Å². The van der Waals surface area contributed by atoms with Crippen LogP contribution < -0.4 is 5.32 Å². The number of benzene rings is 1. The minimum atomic E-state index is -3.34. The molecule has 0 aliphatic carbocycles. The first-order valence-electron chi connectivity index (χ1n) is 7.81. The molecule has 0 bridgehead atoms. The SMILES string of the molecule is CCCC1CCN(S(=O)(=O)c2cccc(CNC)c2)CC1. The molecule has 1 aliphatic heterocycles. The zero-order valence-electron chi connectivity index (χ0n) is 13.0. The van der Waals surface area contributed by atoms with E-state index in [9.17, 15) is 8.42 Å². The number of rotatable bonds is 6. The molecule has 21 heavy (non-hydrogen) atoms. The summed E-state index contributed by atoms with van der Waals surface area (Å²) in [5.74, 6) is 0.692. The molecule has 0 atom stereocenters. The van der Waals surface area contributed by atoms with E-state index in [1.807, 2.05) is 19.2 Å². The molecule has 0 saturated carbocycles. The second-order valence-corrected chi connectivity index (χ2v) is 7.75. The third-order valence-corrected chi connectivity index (χ3v) is 6.08. The fraction of sp³-hybridized carbons (Fsp3) is 0.625. The first kappa shape index (κ1) is 16.5. The van der Waals surface area contributed by atoms with E-state index in [1.54, 1.807) is 16.4 Å². The van der Waals surface area contributed by atoms with Crippen LogP contribution >= 0.6 is 0 Å². The highest BCUT2D eigenvalue weighted by Gasteiger charge is 2.29. The number of nitrogens with zero attached hydrogens (tertiary/aromatic N) is 1. The summed E-state index contributed by atoms with van der Waals surface area (Å²) in [5.41, 5.74) is 0.999. The van der Waals surface area contributed by atoms with Gasteiger partial charge < -0.3 is 5.32 Å². The lowest BCUT2D eigenvalue weighted by Gasteiger charge is -2.31. The Labute approximate surface area is 128 Å². The summed E-state index contributed by atoms with van der Waals surface area (Å²) < 4.78 is 27.1. The van der Waals surface area contributed by atoms with Crippen molar-refractivity contribution in [3.63, 3.8) is 0 Å². The maximum absolute atomic E-state index is 12.7. The Hall–Kier alpha value is -0.910. The van der Waals surface area contributed by atoms with Gasteiger partial charge in [0.1, 0.15) is 0 Å². The van der Waals surface area contributed by atoms with Gasteiger partial charge in [-0.1, -0.05) is 31.9 Å². The summed E-state index contributed by atoms with van der Waals surface area (Å²) in [5, 5.41) is 3.05. The van der Waals surface area contributed by atoms with E-state index in [1.165, 1.54) is 12.8 Å². The predicted octanol–water partition coefficient (Wildman–Crippen LogP) is 2.61. The summed E-state index contributed by atoms with van der Waals surface area (Å²) in [6.45, 7) is 4.19. The van der Waals surface area contributed by atoms with Crippen LogP contribution in [0.3, 0.4) is 0 Å². The summed E-state index contributed by atoms with van der Waals surface area (Å²) >= 11 is 0. The van der Waals surface area contributed by atoms with Gasteiger partial charge in [0.25, 0.3) is 0 Å². The van der Waals surface area contributed by atoms with Crippen LogP contribution in [0.4, 0.5) is 0 Å². The van der Waals surface area contributed by atoms with Crippen molar-refractivity contribution in [2.45, 2.75) is 44.0 Å². The maximum atomic E-state index is 12.7. The zero-order valence-corrected chi connectivity index (χ0v) is 13.8. The van der Waals surface area contributed by atoms with Crippen molar-refractivity contribution >= 4 is 10.0 Å². The minimum absolute atomic E-state index is 0.421. The Morgan fingerprint density at radius 1 is 1.29 bits per heavy atom. The van der Waals surface area contributed by atoms with Crippen molar-refractivity contribution in [2.24, 2.45) is 5.92 Å². The van der Waals surface area contributed by atoms with Gasteiger partial charge in [-0.3, -0.25) is 0 Å². The lowest BCUT2D eigenvalue weighted by Crippen LogP contribution is -2.38. The highest BCUT2D eigenvalue weighted by molar-refractivity contribution is 7.89. The summed E-state index contributed by atoms with van der Waals surface area (Å²) in [6.07, 6.45) is 4.38. The smallest absolute Gasteiger partial charge is 0.243 e. The Morgan fingerprint density at radius 3 is 2.62 bits per heavy atom. The van der Waals surface area contributed by atoms with Gasteiger partial charge in [0.15, 0.2) is 0 Å². The van der Waals surface area contributed by atoms with Crippen LogP contribution in [-0.4, -0.2) is 32.9 Å². The number of hydrogen-bond acceptors (Lipinski definition) is 3. The third kappa shape index (κ3) is 4.05. The first-order valence-corrected chi connectivity index (χ1v) is 9.25. The fourth-order valence-corrected chi connectivity index (χ4v) is 4.56. The summed E-state index contributed by atoms with van der Waals surface area (Å²) in [4.78, 5) is 0.421. The highest BCUT2D eigenvalue weighted by Crippen LogP contribution is 2.26. The molecule has 1 aliphatic rings. The average molecular weight is 310 g/mol. The van der Waals surface area contributed by atoms with Crippen LogP contribution in [0.1, 0.15) is 38.2 Å². The van der Waals surface area contributed by atoms with Crippen molar-refractivity contribution in [3.8, 4) is 0 Å². The number of piperidine rings is 1. The Morgan fingerprint density at radius 2 is 2.00 bits per heavy atom. The molecular formula is C16H26N2O2S. The van der Waals surface area contributed by atoms with Crippen LogP contribution in [-0.2, 0) is 16.6 Å². The first-order chi connectivity index (χ1) is 10.1. The van der Waals surface area contributed by atoms with Crippen molar-refractivity contribution in [1.82, 2.24) is 9.62 Å². The van der Waals surface area contributed by atoms with Crippen molar-refractivity contribution < 1.29 is 8.42 Å². The number of hydrogen-bond donors (Lipinski definition) is 1. The summed E-state index contributed by atoms with van der Waals surface area (Å²) in [7, 11) is -1.47. The monoisotopic (exact) mass is 310 g/mol. The molecule has 0 amide bonds. The molecule has 1 aromatic rings. The molecule has 0 radical (unpaired) electrons. The van der Waals surface area contributed by atoms with E-state index < -0.39 is 10.0 Å². The van der Waals surface area contributed by atoms with Gasteiger partial charge in [0, 0.05) is 19.6 Å². The molecule has 1 N–H and O–H groups in total. The molecule has 0 unspecified atom stereocenters. The zero-order chi connectivity index (χ0) is 15.3. The van der Waals surface area contributed by atoms with E-state index in [0.717, 1.165) is 18.4 Å². The van der Waals surface area contributed by atoms with Gasteiger partial charge in [0.2, 0.25) is 10.0 Å². The quantitative estimate of drug-likeness (QED) is 0.878. The number of nitrogens with one attached hydrogen (secondary N) is 1. The average Bonchev–Trinajstić information content (AvgIpc) is 2.49. The van der Waals surface area contributed by atoms with Gasteiger partial charge in [-0.15, -0.1) is 0 Å². The van der Waals surface area contributed by atoms with E-state index in [2.05, 4.69) is 12.2 Å². The van der Waals surface area contributed by atoms with Gasteiger partial charge in [-0.05, 0) is 43.5 Å². The molecule has 1 fully saturated rings. The normalized spacial score (nSPS) is 18.0. The molecule has 1 heterocycles. The van der Waals surface area contributed by atoms with Crippen molar-refractivity contribution in [3.05, 3.63) is 29.8 Å². The highest BCUT2D eigenvalue weighted by atomic mass is 32.2. The lowest BCUT2D eigenvalue weighted by molar-refractivity contribution is 0.262. The van der Waals surface area contributed by atoms with E-state index in [-0.39, 0.29) is 0 Å². The number of sulfonamides is 1. The van der Waals surface area contributed by atoms with Gasteiger partial charge in [0.05, 0.1) is 4.90 Å². The molecule has 5 heteroatoms. The predicted molar refractivity (Wildman–Crippen MR) is 85.6 cm³/mol. The van der Waals surface area contributed by atoms with Crippen LogP contribution in [0, 0.1) is 5.92 Å². The molecule has 4 nitrogen and oxygen atoms in total. The Balaban J connectivity index is 2.10. The fourth-order valence-electron chi connectivity index (χ4n) is 3.02. The molecule has 1 saturated heterocycles. The summed E-state index contributed by atoms with van der Waals surface area (Å²) in [6, 6.07) is 7.25. The minimum Gasteiger partial charge on any atom is -0.316 e. The largest absolute Gasteiger partial charge is 0.316 e. The van der Waals surface area contributed by atoms with Crippen LogP contribution in [0.15, 0.2) is 29.2 Å². The second kappa shape index (κ2) is 7.38. The molecule has 0 aromatic heterocycles. The van der Waals surface area contributed by atoms with E-state index in [4.69, 9.17) is 0 Å². The third-order valence-electron chi connectivity index (χ3n) is 4.19. The Kier molecular flexibility index (Phi) is 5.79. The Bertz CT molecular complexity index is 549. The van der Waals surface area contributed by atoms with E-state index in [0.29, 0.717) is 30.4 Å².